The van der Waals surface area contributed by atoms with E-state index in [4.69, 9.17) is 10.5 Å². The molecule has 112 valence electrons. The molecule has 1 rings (SSSR count). The molecule has 0 saturated heterocycles. The van der Waals surface area contributed by atoms with Crippen molar-refractivity contribution >= 4 is 11.6 Å². The van der Waals surface area contributed by atoms with Gasteiger partial charge in [-0.25, -0.2) is 0 Å². The molecule has 1 amide bonds. The second-order valence-corrected chi connectivity index (χ2v) is 4.49. The monoisotopic (exact) mass is 279 g/mol. The minimum atomic E-state index is -0.0669. The van der Waals surface area contributed by atoms with E-state index in [2.05, 4.69) is 24.1 Å². The lowest BCUT2D eigenvalue weighted by Gasteiger charge is -2.18. The normalized spacial score (nSPS) is 10.6. The summed E-state index contributed by atoms with van der Waals surface area (Å²) in [6, 6.07) is 7.39. The summed E-state index contributed by atoms with van der Waals surface area (Å²) in [5.74, 6) is 0.747. The maximum Gasteiger partial charge on any atom is 0.225 e. The van der Waals surface area contributed by atoms with Crippen LogP contribution in [0.1, 0.15) is 20.3 Å². The van der Waals surface area contributed by atoms with Gasteiger partial charge in [-0.3, -0.25) is 4.79 Å². The number of carbonyl (C=O) groups excluding carboxylic acids is 1. The largest absolute Gasteiger partial charge is 0.492 e. The van der Waals surface area contributed by atoms with Crippen LogP contribution >= 0.6 is 0 Å². The fourth-order valence-corrected chi connectivity index (χ4v) is 1.82. The first-order valence-corrected chi connectivity index (χ1v) is 7.14. The van der Waals surface area contributed by atoms with Crippen molar-refractivity contribution in [2.45, 2.75) is 20.3 Å². The summed E-state index contributed by atoms with van der Waals surface area (Å²) in [5.41, 5.74) is 6.09. The van der Waals surface area contributed by atoms with Crippen molar-refractivity contribution in [2.75, 3.05) is 38.1 Å². The third kappa shape index (κ3) is 6.04. The van der Waals surface area contributed by atoms with Gasteiger partial charge in [0.25, 0.3) is 0 Å². The van der Waals surface area contributed by atoms with E-state index >= 15 is 0 Å². The zero-order valence-corrected chi connectivity index (χ0v) is 12.4. The van der Waals surface area contributed by atoms with Gasteiger partial charge in [0.1, 0.15) is 12.4 Å². The second-order valence-electron chi connectivity index (χ2n) is 4.49. The molecule has 0 aromatic heterocycles. The number of hydrogen-bond donors (Lipinski definition) is 2. The highest BCUT2D eigenvalue weighted by molar-refractivity contribution is 5.90. The summed E-state index contributed by atoms with van der Waals surface area (Å²) in [7, 11) is 0. The van der Waals surface area contributed by atoms with Crippen molar-refractivity contribution in [2.24, 2.45) is 5.73 Å². The zero-order chi connectivity index (χ0) is 14.8. The van der Waals surface area contributed by atoms with Gasteiger partial charge < -0.3 is 20.7 Å². The quantitative estimate of drug-likeness (QED) is 0.722. The van der Waals surface area contributed by atoms with Gasteiger partial charge in [-0.05, 0) is 37.4 Å². The number of nitrogens with zero attached hydrogens (tertiary/aromatic N) is 1. The van der Waals surface area contributed by atoms with Gasteiger partial charge in [0.05, 0.1) is 0 Å². The molecule has 1 aromatic rings. The summed E-state index contributed by atoms with van der Waals surface area (Å²) in [5, 5.41) is 2.78. The number of anilines is 1. The number of amides is 1. The highest BCUT2D eigenvalue weighted by atomic mass is 16.5. The lowest BCUT2D eigenvalue weighted by molar-refractivity contribution is -0.116. The van der Waals surface area contributed by atoms with Gasteiger partial charge in [-0.1, -0.05) is 13.8 Å². The summed E-state index contributed by atoms with van der Waals surface area (Å²) in [6.07, 6.45) is 0.335. The molecule has 0 aliphatic carbocycles. The van der Waals surface area contributed by atoms with Crippen LogP contribution in [0.3, 0.4) is 0 Å². The first-order chi connectivity index (χ1) is 9.69. The van der Waals surface area contributed by atoms with Crippen molar-refractivity contribution in [1.29, 1.82) is 0 Å². The third-order valence-corrected chi connectivity index (χ3v) is 3.08. The molecular weight excluding hydrogens is 254 g/mol. The Bertz CT molecular complexity index is 389. The molecule has 0 radical (unpaired) electrons. The van der Waals surface area contributed by atoms with Crippen molar-refractivity contribution in [3.63, 3.8) is 0 Å². The molecule has 5 nitrogen and oxygen atoms in total. The van der Waals surface area contributed by atoms with Crippen LogP contribution in [0.15, 0.2) is 24.3 Å². The van der Waals surface area contributed by atoms with E-state index in [1.54, 1.807) is 0 Å². The van der Waals surface area contributed by atoms with Gasteiger partial charge in [0, 0.05) is 25.2 Å². The van der Waals surface area contributed by atoms with E-state index in [1.807, 2.05) is 24.3 Å². The fourth-order valence-electron chi connectivity index (χ4n) is 1.82. The van der Waals surface area contributed by atoms with Crippen molar-refractivity contribution in [1.82, 2.24) is 4.90 Å². The smallest absolute Gasteiger partial charge is 0.225 e. The van der Waals surface area contributed by atoms with E-state index < -0.39 is 0 Å². The lowest BCUT2D eigenvalue weighted by Crippen LogP contribution is -2.27. The van der Waals surface area contributed by atoms with E-state index in [9.17, 15) is 4.79 Å². The summed E-state index contributed by atoms with van der Waals surface area (Å²) in [6.45, 7) is 8.30. The minimum Gasteiger partial charge on any atom is -0.492 e. The number of likely N-dealkylation sites (N-methyl/N-ethyl adjacent to an activating group) is 1. The molecule has 20 heavy (non-hydrogen) atoms. The first kappa shape index (κ1) is 16.5. The number of benzene rings is 1. The first-order valence-electron chi connectivity index (χ1n) is 7.14. The van der Waals surface area contributed by atoms with Crippen LogP contribution in [0.5, 0.6) is 5.75 Å². The zero-order valence-electron chi connectivity index (χ0n) is 12.4. The average Bonchev–Trinajstić information content (AvgIpc) is 2.45. The lowest BCUT2D eigenvalue weighted by atomic mass is 10.3. The standard InChI is InChI=1S/C15H25N3O2/c1-3-18(4-2)11-12-20-14-7-5-13(6-8-14)17-15(19)9-10-16/h5-8H,3-4,9-12,16H2,1-2H3,(H,17,19). The molecule has 0 fully saturated rings. The average molecular weight is 279 g/mol. The minimum absolute atomic E-state index is 0.0669. The number of ether oxygens (including phenoxy) is 1. The third-order valence-electron chi connectivity index (χ3n) is 3.08. The number of hydrogen-bond acceptors (Lipinski definition) is 4. The van der Waals surface area contributed by atoms with Crippen LogP contribution in [-0.2, 0) is 4.79 Å². The Morgan fingerprint density at radius 3 is 2.45 bits per heavy atom. The summed E-state index contributed by atoms with van der Waals surface area (Å²) < 4.78 is 5.67. The van der Waals surface area contributed by atoms with Crippen LogP contribution in [0.2, 0.25) is 0 Å². The number of carbonyl (C=O) groups is 1. The highest BCUT2D eigenvalue weighted by Crippen LogP contribution is 2.15. The number of nitrogens with two attached hydrogens (primary N) is 1. The van der Waals surface area contributed by atoms with Crippen molar-refractivity contribution in [3.8, 4) is 5.75 Å². The predicted octanol–water partition coefficient (Wildman–Crippen LogP) is 1.69. The Morgan fingerprint density at radius 2 is 1.90 bits per heavy atom. The van der Waals surface area contributed by atoms with Gasteiger partial charge in [-0.15, -0.1) is 0 Å². The van der Waals surface area contributed by atoms with Crippen LogP contribution in [0.4, 0.5) is 5.69 Å². The van der Waals surface area contributed by atoms with E-state index in [-0.39, 0.29) is 5.91 Å². The van der Waals surface area contributed by atoms with Gasteiger partial charge in [-0.2, -0.15) is 0 Å². The van der Waals surface area contributed by atoms with Crippen LogP contribution < -0.4 is 15.8 Å². The number of rotatable bonds is 9. The number of nitrogens with one attached hydrogen (secondary N) is 1. The maximum atomic E-state index is 11.4. The second kappa shape index (κ2) is 9.34. The molecule has 5 heteroatoms. The molecule has 0 spiro atoms. The maximum absolute atomic E-state index is 11.4. The molecule has 0 unspecified atom stereocenters. The molecule has 1 aromatic carbocycles. The Labute approximate surface area is 121 Å². The van der Waals surface area contributed by atoms with E-state index in [0.29, 0.717) is 19.6 Å². The fraction of sp³-hybridized carbons (Fsp3) is 0.533. The predicted molar refractivity (Wildman–Crippen MR) is 82.0 cm³/mol. The topological polar surface area (TPSA) is 67.6 Å². The van der Waals surface area contributed by atoms with E-state index in [0.717, 1.165) is 31.1 Å². The van der Waals surface area contributed by atoms with Gasteiger partial charge in [0.2, 0.25) is 5.91 Å². The molecule has 3 N–H and O–H groups in total. The van der Waals surface area contributed by atoms with Gasteiger partial charge in [0.15, 0.2) is 0 Å². The van der Waals surface area contributed by atoms with E-state index in [1.165, 1.54) is 0 Å². The molecule has 0 saturated carbocycles. The Balaban J connectivity index is 2.37. The Hall–Kier alpha value is -1.59. The summed E-state index contributed by atoms with van der Waals surface area (Å²) in [4.78, 5) is 13.7. The molecule has 0 atom stereocenters. The molecule has 0 aliphatic rings. The Kier molecular flexibility index (Phi) is 7.69. The van der Waals surface area contributed by atoms with Gasteiger partial charge >= 0.3 is 0 Å². The molecule has 0 heterocycles. The summed E-state index contributed by atoms with van der Waals surface area (Å²) >= 11 is 0. The van der Waals surface area contributed by atoms with Crippen LogP contribution in [0, 0.1) is 0 Å². The molecular formula is C15H25N3O2. The van der Waals surface area contributed by atoms with Crippen molar-refractivity contribution in [3.05, 3.63) is 24.3 Å². The van der Waals surface area contributed by atoms with Crippen molar-refractivity contribution < 1.29 is 9.53 Å². The SMILES string of the molecule is CCN(CC)CCOc1ccc(NC(=O)CCN)cc1. The Morgan fingerprint density at radius 1 is 1.25 bits per heavy atom. The van der Waals surface area contributed by atoms with Crippen LogP contribution in [-0.4, -0.2) is 43.6 Å². The highest BCUT2D eigenvalue weighted by Gasteiger charge is 2.02. The van der Waals surface area contributed by atoms with Crippen LogP contribution in [0.25, 0.3) is 0 Å². The molecule has 0 aliphatic heterocycles. The molecule has 0 bridgehead atoms.